The molecule has 0 radical (unpaired) electrons. The summed E-state index contributed by atoms with van der Waals surface area (Å²) in [7, 11) is 2.05. The average Bonchev–Trinajstić information content (AvgIpc) is 2.77. The number of nitrogens with one attached hydrogen (secondary N) is 1. The molecule has 3 N–H and O–H groups in total. The van der Waals surface area contributed by atoms with Gasteiger partial charge in [0.15, 0.2) is 0 Å². The Kier molecular flexibility index (Phi) is 3.68. The van der Waals surface area contributed by atoms with E-state index in [9.17, 15) is 0 Å². The molecule has 1 aliphatic heterocycles. The van der Waals surface area contributed by atoms with Crippen LogP contribution in [0, 0.1) is 13.8 Å². The molecule has 1 aromatic heterocycles. The number of rotatable bonds is 3. The summed E-state index contributed by atoms with van der Waals surface area (Å²) < 4.78 is 5.61. The van der Waals surface area contributed by atoms with Gasteiger partial charge in [0.25, 0.3) is 0 Å². The minimum absolute atomic E-state index is 0.221. The Hall–Kier alpha value is -1.40. The summed E-state index contributed by atoms with van der Waals surface area (Å²) in [5.74, 6) is 7.79. The van der Waals surface area contributed by atoms with E-state index >= 15 is 0 Å². The first-order valence-corrected chi connectivity index (χ1v) is 6.21. The van der Waals surface area contributed by atoms with E-state index < -0.39 is 0 Å². The summed E-state index contributed by atoms with van der Waals surface area (Å²) in [6, 6.07) is 0.351. The maximum atomic E-state index is 5.61. The third-order valence-corrected chi connectivity index (χ3v) is 3.54. The number of hydrogen-bond donors (Lipinski definition) is 2. The van der Waals surface area contributed by atoms with Gasteiger partial charge in [-0.15, -0.1) is 0 Å². The average molecular weight is 251 g/mol. The summed E-state index contributed by atoms with van der Waals surface area (Å²) >= 11 is 0. The van der Waals surface area contributed by atoms with Crippen LogP contribution in [0.15, 0.2) is 0 Å². The number of hydrazine groups is 1. The van der Waals surface area contributed by atoms with Crippen LogP contribution in [0.25, 0.3) is 0 Å². The number of ether oxygens (including phenoxy) is 1. The molecule has 100 valence electrons. The van der Waals surface area contributed by atoms with Gasteiger partial charge in [0.2, 0.25) is 0 Å². The molecule has 0 saturated carbocycles. The lowest BCUT2D eigenvalue weighted by molar-refractivity contribution is 0.118. The SMILES string of the molecule is Cc1nc(NN)c(C)c(N(C)C2CCOC2C)n1. The number of aromatic nitrogens is 2. The Bertz CT molecular complexity index is 437. The molecule has 6 nitrogen and oxygen atoms in total. The quantitative estimate of drug-likeness (QED) is 0.616. The Morgan fingerprint density at radius 3 is 2.67 bits per heavy atom. The van der Waals surface area contributed by atoms with E-state index in [1.807, 2.05) is 20.9 Å². The normalized spacial score (nSPS) is 23.2. The maximum absolute atomic E-state index is 5.61. The van der Waals surface area contributed by atoms with Gasteiger partial charge in [0, 0.05) is 19.2 Å². The molecule has 1 saturated heterocycles. The molecule has 0 aromatic carbocycles. The van der Waals surface area contributed by atoms with Crippen molar-refractivity contribution in [2.45, 2.75) is 39.3 Å². The monoisotopic (exact) mass is 251 g/mol. The summed E-state index contributed by atoms with van der Waals surface area (Å²) in [4.78, 5) is 11.0. The van der Waals surface area contributed by atoms with Crippen LogP contribution < -0.4 is 16.2 Å². The molecule has 6 heteroatoms. The summed E-state index contributed by atoms with van der Waals surface area (Å²) in [6.45, 7) is 6.74. The van der Waals surface area contributed by atoms with Crippen molar-refractivity contribution in [2.75, 3.05) is 24.0 Å². The third-order valence-electron chi connectivity index (χ3n) is 3.54. The molecule has 18 heavy (non-hydrogen) atoms. The van der Waals surface area contributed by atoms with Gasteiger partial charge >= 0.3 is 0 Å². The van der Waals surface area contributed by atoms with E-state index in [2.05, 4.69) is 27.2 Å². The minimum atomic E-state index is 0.221. The molecule has 0 spiro atoms. The molecule has 2 atom stereocenters. The minimum Gasteiger partial charge on any atom is -0.376 e. The fourth-order valence-electron chi connectivity index (χ4n) is 2.48. The van der Waals surface area contributed by atoms with Gasteiger partial charge in [-0.05, 0) is 27.2 Å². The zero-order valence-corrected chi connectivity index (χ0v) is 11.4. The molecular weight excluding hydrogens is 230 g/mol. The molecule has 0 bridgehead atoms. The van der Waals surface area contributed by atoms with E-state index in [4.69, 9.17) is 10.6 Å². The second kappa shape index (κ2) is 5.07. The standard InChI is InChI=1S/C12H21N5O/c1-7-11(16-13)14-9(3)15-12(7)17(4)10-5-6-18-8(10)2/h8,10H,5-6,13H2,1-4H3,(H,14,15,16). The first-order valence-electron chi connectivity index (χ1n) is 6.21. The lowest BCUT2D eigenvalue weighted by atomic mass is 10.1. The van der Waals surface area contributed by atoms with Gasteiger partial charge in [-0.1, -0.05) is 0 Å². The van der Waals surface area contributed by atoms with Gasteiger partial charge in [-0.3, -0.25) is 0 Å². The first-order chi connectivity index (χ1) is 8.54. The van der Waals surface area contributed by atoms with Crippen LogP contribution in [0.5, 0.6) is 0 Å². The first kappa shape index (κ1) is 13.0. The summed E-state index contributed by atoms with van der Waals surface area (Å²) in [5, 5.41) is 0. The number of aryl methyl sites for hydroxylation is 1. The van der Waals surface area contributed by atoms with Crippen LogP contribution in [0.4, 0.5) is 11.6 Å². The van der Waals surface area contributed by atoms with Crippen LogP contribution in [-0.2, 0) is 4.74 Å². The molecule has 2 heterocycles. The fourth-order valence-corrected chi connectivity index (χ4v) is 2.48. The van der Waals surface area contributed by atoms with E-state index in [1.165, 1.54) is 0 Å². The second-order valence-corrected chi connectivity index (χ2v) is 4.76. The molecular formula is C12H21N5O. The van der Waals surface area contributed by atoms with E-state index in [0.717, 1.165) is 24.4 Å². The number of hydrogen-bond acceptors (Lipinski definition) is 6. The fraction of sp³-hybridized carbons (Fsp3) is 0.667. The van der Waals surface area contributed by atoms with Crippen LogP contribution in [0.3, 0.4) is 0 Å². The summed E-state index contributed by atoms with van der Waals surface area (Å²) in [5.41, 5.74) is 3.59. The van der Waals surface area contributed by atoms with Crippen molar-refractivity contribution in [1.82, 2.24) is 9.97 Å². The Balaban J connectivity index is 2.34. The van der Waals surface area contributed by atoms with Gasteiger partial charge in [0.05, 0.1) is 12.1 Å². The lowest BCUT2D eigenvalue weighted by Crippen LogP contribution is -2.38. The predicted octanol–water partition coefficient (Wildman–Crippen LogP) is 0.993. The highest BCUT2D eigenvalue weighted by molar-refractivity contribution is 5.58. The van der Waals surface area contributed by atoms with E-state index in [-0.39, 0.29) is 6.10 Å². The van der Waals surface area contributed by atoms with Crippen molar-refractivity contribution in [3.05, 3.63) is 11.4 Å². The third kappa shape index (κ3) is 2.26. The smallest absolute Gasteiger partial charge is 0.148 e. The highest BCUT2D eigenvalue weighted by atomic mass is 16.5. The largest absolute Gasteiger partial charge is 0.376 e. The maximum Gasteiger partial charge on any atom is 0.148 e. The molecule has 1 fully saturated rings. The molecule has 0 amide bonds. The van der Waals surface area contributed by atoms with Crippen molar-refractivity contribution in [3.8, 4) is 0 Å². The van der Waals surface area contributed by atoms with Gasteiger partial charge in [0.1, 0.15) is 17.5 Å². The van der Waals surface area contributed by atoms with Crippen molar-refractivity contribution >= 4 is 11.6 Å². The molecule has 2 unspecified atom stereocenters. The second-order valence-electron chi connectivity index (χ2n) is 4.76. The highest BCUT2D eigenvalue weighted by Crippen LogP contribution is 2.27. The Morgan fingerprint density at radius 2 is 2.11 bits per heavy atom. The van der Waals surface area contributed by atoms with Crippen molar-refractivity contribution < 1.29 is 4.74 Å². The summed E-state index contributed by atoms with van der Waals surface area (Å²) in [6.07, 6.45) is 1.24. The van der Waals surface area contributed by atoms with Crippen molar-refractivity contribution in [1.29, 1.82) is 0 Å². The lowest BCUT2D eigenvalue weighted by Gasteiger charge is -2.29. The van der Waals surface area contributed by atoms with Crippen molar-refractivity contribution in [3.63, 3.8) is 0 Å². The molecule has 1 aromatic rings. The number of anilines is 2. The van der Waals surface area contributed by atoms with Crippen LogP contribution in [0.2, 0.25) is 0 Å². The van der Waals surface area contributed by atoms with Gasteiger partial charge in [-0.25, -0.2) is 15.8 Å². The Labute approximate surface area is 108 Å². The zero-order valence-electron chi connectivity index (χ0n) is 11.4. The molecule has 1 aliphatic rings. The number of nitrogens with zero attached hydrogens (tertiary/aromatic N) is 3. The number of nitrogens with two attached hydrogens (primary N) is 1. The zero-order chi connectivity index (χ0) is 13.3. The van der Waals surface area contributed by atoms with E-state index in [1.54, 1.807) is 0 Å². The van der Waals surface area contributed by atoms with Gasteiger partial charge < -0.3 is 15.1 Å². The molecule has 0 aliphatic carbocycles. The Morgan fingerprint density at radius 1 is 1.39 bits per heavy atom. The van der Waals surface area contributed by atoms with Crippen LogP contribution >= 0.6 is 0 Å². The highest BCUT2D eigenvalue weighted by Gasteiger charge is 2.30. The van der Waals surface area contributed by atoms with E-state index in [0.29, 0.717) is 17.7 Å². The number of nitrogen functional groups attached to an aromatic ring is 1. The van der Waals surface area contributed by atoms with Crippen molar-refractivity contribution in [2.24, 2.45) is 5.84 Å². The van der Waals surface area contributed by atoms with Crippen LogP contribution in [-0.4, -0.2) is 35.8 Å². The van der Waals surface area contributed by atoms with Gasteiger partial charge in [-0.2, -0.15) is 0 Å². The topological polar surface area (TPSA) is 76.3 Å². The van der Waals surface area contributed by atoms with Crippen LogP contribution in [0.1, 0.15) is 24.7 Å². The molecule has 2 rings (SSSR count). The predicted molar refractivity (Wildman–Crippen MR) is 71.5 cm³/mol. The number of likely N-dealkylation sites (N-methyl/N-ethyl adjacent to an activating group) is 1.